The molecule has 8 nitrogen and oxygen atoms in total. The minimum atomic E-state index is 0.0544. The molecule has 2 aromatic heterocycles. The average molecular weight is 399 g/mol. The Morgan fingerprint density at radius 1 is 1.00 bits per heavy atom. The lowest BCUT2D eigenvalue weighted by molar-refractivity contribution is 0.0778. The van der Waals surface area contributed by atoms with Crippen molar-refractivity contribution >= 4 is 0 Å². The fourth-order valence-corrected chi connectivity index (χ4v) is 4.68. The number of hydrogen-bond donors (Lipinski definition) is 0. The Hall–Kier alpha value is -2.03. The Labute approximate surface area is 171 Å². The Kier molecular flexibility index (Phi) is 5.48. The van der Waals surface area contributed by atoms with Gasteiger partial charge in [-0.05, 0) is 31.2 Å². The van der Waals surface area contributed by atoms with Gasteiger partial charge in [-0.25, -0.2) is 9.67 Å². The molecule has 0 aromatic carbocycles. The first-order chi connectivity index (χ1) is 14.3. The van der Waals surface area contributed by atoms with Crippen molar-refractivity contribution in [1.82, 2.24) is 29.1 Å². The van der Waals surface area contributed by atoms with Gasteiger partial charge < -0.3 is 9.30 Å². The second-order valence-corrected chi connectivity index (χ2v) is 8.37. The third kappa shape index (κ3) is 4.15. The zero-order valence-corrected chi connectivity index (χ0v) is 17.1. The summed E-state index contributed by atoms with van der Waals surface area (Å²) in [6, 6.07) is 1.82. The first-order valence-electron chi connectivity index (χ1n) is 10.9. The van der Waals surface area contributed by atoms with Crippen molar-refractivity contribution in [3.8, 4) is 0 Å². The van der Waals surface area contributed by atoms with Crippen LogP contribution in [0.4, 0.5) is 0 Å². The Balaban J connectivity index is 1.13. The average Bonchev–Trinajstić information content (AvgIpc) is 3.16. The maximum absolute atomic E-state index is 12.4. The molecule has 0 amide bonds. The van der Waals surface area contributed by atoms with Crippen LogP contribution in [0.3, 0.4) is 0 Å². The third-order valence-electron chi connectivity index (χ3n) is 6.46. The maximum Gasteiger partial charge on any atom is 0.267 e. The molecule has 0 bridgehead atoms. The number of imidazole rings is 1. The van der Waals surface area contributed by atoms with Crippen molar-refractivity contribution in [3.63, 3.8) is 0 Å². The van der Waals surface area contributed by atoms with E-state index in [9.17, 15) is 4.79 Å². The van der Waals surface area contributed by atoms with Crippen LogP contribution in [0.2, 0.25) is 0 Å². The molecule has 0 N–H and O–H groups in total. The van der Waals surface area contributed by atoms with Gasteiger partial charge in [0.15, 0.2) is 0 Å². The second kappa shape index (κ2) is 8.38. The van der Waals surface area contributed by atoms with Crippen molar-refractivity contribution in [1.29, 1.82) is 0 Å². The molecule has 3 aliphatic rings. The van der Waals surface area contributed by atoms with E-state index in [0.29, 0.717) is 13.2 Å². The van der Waals surface area contributed by atoms with Gasteiger partial charge in [0, 0.05) is 58.1 Å². The number of fused-ring (bicyclic) bond motifs is 2. The molecule has 4 heterocycles. The first kappa shape index (κ1) is 19.0. The van der Waals surface area contributed by atoms with Gasteiger partial charge in [-0.1, -0.05) is 0 Å². The molecule has 0 radical (unpaired) electrons. The largest absolute Gasteiger partial charge is 0.372 e. The summed E-state index contributed by atoms with van der Waals surface area (Å²) in [4.78, 5) is 21.8. The molecule has 1 aliphatic carbocycles. The van der Waals surface area contributed by atoms with Crippen LogP contribution in [-0.2, 0) is 43.8 Å². The highest BCUT2D eigenvalue weighted by atomic mass is 16.5. The van der Waals surface area contributed by atoms with Crippen LogP contribution >= 0.6 is 0 Å². The number of aromatic nitrogens is 4. The van der Waals surface area contributed by atoms with E-state index in [1.54, 1.807) is 4.68 Å². The first-order valence-corrected chi connectivity index (χ1v) is 10.9. The SMILES string of the molecule is O=c1cc2c(nn1CCN1CCN(Cc3cnc4n3CCOC4)CC1)CCCC2. The van der Waals surface area contributed by atoms with Crippen molar-refractivity contribution in [2.45, 2.75) is 51.9 Å². The summed E-state index contributed by atoms with van der Waals surface area (Å²) in [5, 5.41) is 4.65. The molecule has 2 aliphatic heterocycles. The van der Waals surface area contributed by atoms with E-state index in [1.165, 1.54) is 24.1 Å². The van der Waals surface area contributed by atoms with Gasteiger partial charge in [0.1, 0.15) is 12.4 Å². The molecule has 1 fully saturated rings. The van der Waals surface area contributed by atoms with E-state index in [1.807, 2.05) is 12.3 Å². The van der Waals surface area contributed by atoms with E-state index in [0.717, 1.165) is 76.8 Å². The van der Waals surface area contributed by atoms with E-state index in [-0.39, 0.29) is 5.56 Å². The van der Waals surface area contributed by atoms with Crippen molar-refractivity contribution in [2.75, 3.05) is 39.3 Å². The van der Waals surface area contributed by atoms with Gasteiger partial charge in [-0.3, -0.25) is 14.6 Å². The quantitative estimate of drug-likeness (QED) is 0.737. The summed E-state index contributed by atoms with van der Waals surface area (Å²) >= 11 is 0. The molecule has 1 saturated heterocycles. The van der Waals surface area contributed by atoms with Crippen molar-refractivity contribution < 1.29 is 4.74 Å². The standard InChI is InChI=1S/C21H30N6O2/c28-21-13-17-3-1-2-4-19(17)23-27(21)10-9-24-5-7-25(8-6-24)15-18-14-22-20-16-29-12-11-26(18)20/h13-14H,1-12,15-16H2. The lowest BCUT2D eigenvalue weighted by Crippen LogP contribution is -2.47. The van der Waals surface area contributed by atoms with Crippen LogP contribution in [0.25, 0.3) is 0 Å². The molecule has 2 aromatic rings. The van der Waals surface area contributed by atoms with Gasteiger partial charge in [0.05, 0.1) is 24.5 Å². The molecular formula is C21H30N6O2. The molecule has 156 valence electrons. The lowest BCUT2D eigenvalue weighted by atomic mass is 9.97. The zero-order chi connectivity index (χ0) is 19.6. The zero-order valence-electron chi connectivity index (χ0n) is 17.1. The number of ether oxygens (including phenoxy) is 1. The lowest BCUT2D eigenvalue weighted by Gasteiger charge is -2.34. The molecule has 0 saturated carbocycles. The Morgan fingerprint density at radius 2 is 1.83 bits per heavy atom. The number of rotatable bonds is 5. The van der Waals surface area contributed by atoms with Crippen molar-refractivity contribution in [2.24, 2.45) is 0 Å². The van der Waals surface area contributed by atoms with E-state index < -0.39 is 0 Å². The molecule has 0 spiro atoms. The molecule has 8 heteroatoms. The summed E-state index contributed by atoms with van der Waals surface area (Å²) in [5.74, 6) is 1.05. The summed E-state index contributed by atoms with van der Waals surface area (Å²) in [6.45, 7) is 8.99. The molecule has 5 rings (SSSR count). The fraction of sp³-hybridized carbons (Fsp3) is 0.667. The van der Waals surface area contributed by atoms with Crippen LogP contribution in [0.5, 0.6) is 0 Å². The minimum Gasteiger partial charge on any atom is -0.372 e. The monoisotopic (exact) mass is 398 g/mol. The normalized spacial score (nSPS) is 20.4. The van der Waals surface area contributed by atoms with E-state index >= 15 is 0 Å². The summed E-state index contributed by atoms with van der Waals surface area (Å²) < 4.78 is 9.47. The van der Waals surface area contributed by atoms with Crippen LogP contribution in [0.1, 0.15) is 35.6 Å². The minimum absolute atomic E-state index is 0.0544. The third-order valence-corrected chi connectivity index (χ3v) is 6.46. The highest BCUT2D eigenvalue weighted by molar-refractivity contribution is 5.20. The molecule has 0 atom stereocenters. The number of hydrogen-bond acceptors (Lipinski definition) is 6. The van der Waals surface area contributed by atoms with E-state index in [2.05, 4.69) is 24.4 Å². The molecular weight excluding hydrogens is 368 g/mol. The highest BCUT2D eigenvalue weighted by Crippen LogP contribution is 2.17. The topological polar surface area (TPSA) is 68.4 Å². The second-order valence-electron chi connectivity index (χ2n) is 8.37. The van der Waals surface area contributed by atoms with Gasteiger partial charge in [0.25, 0.3) is 5.56 Å². The van der Waals surface area contributed by atoms with Gasteiger partial charge in [-0.2, -0.15) is 5.10 Å². The fourth-order valence-electron chi connectivity index (χ4n) is 4.68. The predicted molar refractivity (Wildman–Crippen MR) is 109 cm³/mol. The van der Waals surface area contributed by atoms with Gasteiger partial charge in [0.2, 0.25) is 0 Å². The molecule has 29 heavy (non-hydrogen) atoms. The predicted octanol–water partition coefficient (Wildman–Crippen LogP) is 0.667. The summed E-state index contributed by atoms with van der Waals surface area (Å²) in [7, 11) is 0. The van der Waals surface area contributed by atoms with Crippen LogP contribution < -0.4 is 5.56 Å². The van der Waals surface area contributed by atoms with Gasteiger partial charge in [-0.15, -0.1) is 0 Å². The summed E-state index contributed by atoms with van der Waals surface area (Å²) in [6.07, 6.45) is 6.39. The Morgan fingerprint density at radius 3 is 2.72 bits per heavy atom. The highest BCUT2D eigenvalue weighted by Gasteiger charge is 2.21. The smallest absolute Gasteiger partial charge is 0.267 e. The van der Waals surface area contributed by atoms with Gasteiger partial charge >= 0.3 is 0 Å². The summed E-state index contributed by atoms with van der Waals surface area (Å²) in [5.41, 5.74) is 3.65. The number of nitrogens with zero attached hydrogens (tertiary/aromatic N) is 6. The Bertz CT molecular complexity index is 912. The maximum atomic E-state index is 12.4. The van der Waals surface area contributed by atoms with Crippen molar-refractivity contribution in [3.05, 3.63) is 45.4 Å². The number of piperazine rings is 1. The van der Waals surface area contributed by atoms with Crippen LogP contribution in [-0.4, -0.2) is 68.5 Å². The molecule has 0 unspecified atom stereocenters. The number of aryl methyl sites for hydroxylation is 2. The van der Waals surface area contributed by atoms with E-state index in [4.69, 9.17) is 4.74 Å². The van der Waals surface area contributed by atoms with Crippen LogP contribution in [0, 0.1) is 0 Å². The van der Waals surface area contributed by atoms with Crippen LogP contribution in [0.15, 0.2) is 17.1 Å².